The smallest absolute Gasteiger partial charge is 0.253 e. The van der Waals surface area contributed by atoms with E-state index in [0.29, 0.717) is 24.6 Å². The third-order valence-electron chi connectivity index (χ3n) is 4.68. The van der Waals surface area contributed by atoms with Crippen LogP contribution in [-0.4, -0.2) is 56.5 Å². The van der Waals surface area contributed by atoms with Gasteiger partial charge in [-0.15, -0.1) is 0 Å². The van der Waals surface area contributed by atoms with Crippen LogP contribution in [0.4, 0.5) is 0 Å². The van der Waals surface area contributed by atoms with E-state index < -0.39 is 0 Å². The summed E-state index contributed by atoms with van der Waals surface area (Å²) in [6.07, 6.45) is 2.60. The van der Waals surface area contributed by atoms with E-state index in [1.807, 2.05) is 44.3 Å². The number of nitrogens with zero attached hydrogens (tertiary/aromatic N) is 3. The Balaban J connectivity index is 1.91. The van der Waals surface area contributed by atoms with Crippen molar-refractivity contribution in [1.29, 1.82) is 0 Å². The normalized spacial score (nSPS) is 11.2. The quantitative estimate of drug-likeness (QED) is 0.554. The molecule has 2 aromatic rings. The zero-order chi connectivity index (χ0) is 21.4. The number of aryl methyl sites for hydroxylation is 1. The minimum Gasteiger partial charge on any atom is -0.496 e. The maximum Gasteiger partial charge on any atom is 0.253 e. The van der Waals surface area contributed by atoms with Crippen LogP contribution >= 0.6 is 0 Å². The van der Waals surface area contributed by atoms with E-state index in [-0.39, 0.29) is 5.91 Å². The molecule has 1 heterocycles. The number of aromatic nitrogens is 1. The molecule has 0 radical (unpaired) electrons. The van der Waals surface area contributed by atoms with Gasteiger partial charge in [-0.3, -0.25) is 14.8 Å². The lowest BCUT2D eigenvalue weighted by Crippen LogP contribution is -2.38. The van der Waals surface area contributed by atoms with Gasteiger partial charge in [0.25, 0.3) is 5.91 Å². The lowest BCUT2D eigenvalue weighted by atomic mass is 10.1. The van der Waals surface area contributed by atoms with Gasteiger partial charge in [0.15, 0.2) is 5.96 Å². The molecule has 7 nitrogen and oxygen atoms in total. The molecule has 0 aliphatic rings. The molecule has 7 heteroatoms. The van der Waals surface area contributed by atoms with E-state index in [0.717, 1.165) is 34.6 Å². The lowest BCUT2D eigenvalue weighted by Gasteiger charge is -2.15. The second-order valence-corrected chi connectivity index (χ2v) is 7.05. The number of benzene rings is 1. The number of aliphatic imine (C=N–C) groups is 1. The molecule has 1 amide bonds. The number of hydrogen-bond donors (Lipinski definition) is 2. The maximum absolute atomic E-state index is 12.1. The number of hydrogen-bond acceptors (Lipinski definition) is 4. The fraction of sp³-hybridized carbons (Fsp3) is 0.409. The summed E-state index contributed by atoms with van der Waals surface area (Å²) >= 11 is 0. The molecule has 0 unspecified atom stereocenters. The minimum absolute atomic E-state index is 0.00804. The second kappa shape index (κ2) is 10.5. The number of rotatable bonds is 7. The summed E-state index contributed by atoms with van der Waals surface area (Å²) in [6, 6.07) is 7.71. The first-order chi connectivity index (χ1) is 13.9. The number of pyridine rings is 1. The van der Waals surface area contributed by atoms with Crippen molar-refractivity contribution >= 4 is 11.9 Å². The fourth-order valence-corrected chi connectivity index (χ4v) is 3.08. The molecule has 0 fully saturated rings. The average molecular weight is 398 g/mol. The Bertz CT molecular complexity index is 878. The molecule has 2 rings (SSSR count). The maximum atomic E-state index is 12.1. The summed E-state index contributed by atoms with van der Waals surface area (Å²) < 4.78 is 5.46. The summed E-state index contributed by atoms with van der Waals surface area (Å²) in [4.78, 5) is 22.5. The summed E-state index contributed by atoms with van der Waals surface area (Å²) in [5, 5.41) is 6.59. The molecule has 29 heavy (non-hydrogen) atoms. The highest BCUT2D eigenvalue weighted by Crippen LogP contribution is 2.23. The van der Waals surface area contributed by atoms with Crippen molar-refractivity contribution in [1.82, 2.24) is 20.5 Å². The minimum atomic E-state index is 0.00804. The fourth-order valence-electron chi connectivity index (χ4n) is 3.08. The number of amides is 1. The van der Waals surface area contributed by atoms with Gasteiger partial charge >= 0.3 is 0 Å². The van der Waals surface area contributed by atoms with Gasteiger partial charge in [0, 0.05) is 50.6 Å². The molecule has 156 valence electrons. The molecule has 0 bridgehead atoms. The zero-order valence-corrected chi connectivity index (χ0v) is 18.2. The van der Waals surface area contributed by atoms with Crippen LogP contribution in [0.5, 0.6) is 5.75 Å². The SMILES string of the molecule is CN=C(NCCc1cccc(C(=O)N(C)C)c1)NCc1ncc(C)c(OC)c1C. The van der Waals surface area contributed by atoms with Gasteiger partial charge in [0.05, 0.1) is 19.3 Å². The van der Waals surface area contributed by atoms with E-state index in [2.05, 4.69) is 20.6 Å². The lowest BCUT2D eigenvalue weighted by molar-refractivity contribution is 0.0827. The van der Waals surface area contributed by atoms with Crippen LogP contribution in [0.15, 0.2) is 35.5 Å². The van der Waals surface area contributed by atoms with Crippen molar-refractivity contribution in [3.8, 4) is 5.75 Å². The highest BCUT2D eigenvalue weighted by Gasteiger charge is 2.10. The summed E-state index contributed by atoms with van der Waals surface area (Å²) in [5.74, 6) is 1.58. The molecule has 0 saturated heterocycles. The van der Waals surface area contributed by atoms with Gasteiger partial charge in [-0.2, -0.15) is 0 Å². The Hall–Kier alpha value is -3.09. The van der Waals surface area contributed by atoms with Gasteiger partial charge in [0.1, 0.15) is 5.75 Å². The van der Waals surface area contributed by atoms with Crippen LogP contribution < -0.4 is 15.4 Å². The molecule has 0 spiro atoms. The summed E-state index contributed by atoms with van der Waals surface area (Å²) in [7, 11) is 6.93. The highest BCUT2D eigenvalue weighted by atomic mass is 16.5. The molecule has 2 N–H and O–H groups in total. The third kappa shape index (κ3) is 5.94. The van der Waals surface area contributed by atoms with Crippen LogP contribution in [0.1, 0.15) is 32.7 Å². The molecule has 0 atom stereocenters. The van der Waals surface area contributed by atoms with Crippen molar-refractivity contribution in [2.45, 2.75) is 26.8 Å². The predicted molar refractivity (Wildman–Crippen MR) is 117 cm³/mol. The Morgan fingerprint density at radius 3 is 2.66 bits per heavy atom. The van der Waals surface area contributed by atoms with Crippen molar-refractivity contribution in [3.05, 3.63) is 58.4 Å². The van der Waals surface area contributed by atoms with Crippen molar-refractivity contribution in [3.63, 3.8) is 0 Å². The van der Waals surface area contributed by atoms with Gasteiger partial charge in [-0.25, -0.2) is 0 Å². The van der Waals surface area contributed by atoms with Crippen LogP contribution in [0.3, 0.4) is 0 Å². The van der Waals surface area contributed by atoms with E-state index in [1.165, 1.54) is 0 Å². The third-order valence-corrected chi connectivity index (χ3v) is 4.68. The molecule has 0 aliphatic carbocycles. The van der Waals surface area contributed by atoms with E-state index >= 15 is 0 Å². The number of methoxy groups -OCH3 is 1. The van der Waals surface area contributed by atoms with Gasteiger partial charge in [-0.05, 0) is 38.0 Å². The molecule has 1 aromatic carbocycles. The Labute approximate surface area is 173 Å². The number of carbonyl (C=O) groups excluding carboxylic acids is 1. The van der Waals surface area contributed by atoms with Gasteiger partial charge < -0.3 is 20.3 Å². The number of nitrogens with one attached hydrogen (secondary N) is 2. The van der Waals surface area contributed by atoms with Crippen molar-refractivity contribution < 1.29 is 9.53 Å². The number of ether oxygens (including phenoxy) is 1. The first kappa shape index (κ1) is 22.2. The molecule has 0 aliphatic heterocycles. The van der Waals surface area contributed by atoms with E-state index in [9.17, 15) is 4.79 Å². The summed E-state index contributed by atoms with van der Waals surface area (Å²) in [6.45, 7) is 5.24. The zero-order valence-electron chi connectivity index (χ0n) is 18.2. The molecular weight excluding hydrogens is 366 g/mol. The largest absolute Gasteiger partial charge is 0.496 e. The Morgan fingerprint density at radius 1 is 1.24 bits per heavy atom. The molecule has 1 aromatic heterocycles. The number of guanidine groups is 1. The predicted octanol–water partition coefficient (Wildman–Crippen LogP) is 2.32. The molecular formula is C22H31N5O2. The van der Waals surface area contributed by atoms with Gasteiger partial charge in [0.2, 0.25) is 0 Å². The Morgan fingerprint density at radius 2 is 2.00 bits per heavy atom. The van der Waals surface area contributed by atoms with Crippen LogP contribution in [0.2, 0.25) is 0 Å². The van der Waals surface area contributed by atoms with Gasteiger partial charge in [-0.1, -0.05) is 12.1 Å². The average Bonchev–Trinajstić information content (AvgIpc) is 2.71. The van der Waals surface area contributed by atoms with Crippen molar-refractivity contribution in [2.75, 3.05) is 34.8 Å². The topological polar surface area (TPSA) is 78.9 Å². The molecule has 0 saturated carbocycles. The van der Waals surface area contributed by atoms with Crippen LogP contribution in [0, 0.1) is 13.8 Å². The standard InChI is InChI=1S/C22H31N5O2/c1-15-13-25-19(16(2)20(15)29-6)14-26-22(23-3)24-11-10-17-8-7-9-18(12-17)21(28)27(4)5/h7-9,12-13H,10-11,14H2,1-6H3,(H2,23,24,26). The van der Waals surface area contributed by atoms with Crippen LogP contribution in [0.25, 0.3) is 0 Å². The first-order valence-corrected chi connectivity index (χ1v) is 9.61. The van der Waals surface area contributed by atoms with Crippen LogP contribution in [-0.2, 0) is 13.0 Å². The second-order valence-electron chi connectivity index (χ2n) is 7.05. The van der Waals surface area contributed by atoms with E-state index in [1.54, 1.807) is 33.2 Å². The number of carbonyl (C=O) groups is 1. The van der Waals surface area contributed by atoms with E-state index in [4.69, 9.17) is 4.74 Å². The first-order valence-electron chi connectivity index (χ1n) is 9.61. The monoisotopic (exact) mass is 397 g/mol. The highest BCUT2D eigenvalue weighted by molar-refractivity contribution is 5.94. The Kier molecular flexibility index (Phi) is 8.00. The van der Waals surface area contributed by atoms with Crippen molar-refractivity contribution in [2.24, 2.45) is 4.99 Å². The summed E-state index contributed by atoms with van der Waals surface area (Å²) in [5.41, 5.74) is 4.76.